The second-order valence-electron chi connectivity index (χ2n) is 5.53. The highest BCUT2D eigenvalue weighted by atomic mass is 16.5. The maximum absolute atomic E-state index is 12.8. The van der Waals surface area contributed by atoms with Crippen LogP contribution >= 0.6 is 0 Å². The molecular weight excluding hydrogens is 294 g/mol. The van der Waals surface area contributed by atoms with E-state index in [9.17, 15) is 14.4 Å². The topological polar surface area (TPSA) is 63.7 Å². The van der Waals surface area contributed by atoms with Crippen LogP contribution < -0.4 is 0 Å². The van der Waals surface area contributed by atoms with Crippen LogP contribution in [0.15, 0.2) is 53.3 Å². The SMILES string of the molecule is CC(=O)OC1=C2C(=O)C(N(C)C)=CC=C2C(=O)c2ccccc21. The highest BCUT2D eigenvalue weighted by Crippen LogP contribution is 2.38. The molecule has 0 spiro atoms. The maximum atomic E-state index is 12.8. The molecule has 1 aromatic rings. The van der Waals surface area contributed by atoms with Gasteiger partial charge in [0.25, 0.3) is 0 Å². The lowest BCUT2D eigenvalue weighted by atomic mass is 9.80. The molecule has 0 aromatic heterocycles. The Kier molecular flexibility index (Phi) is 3.48. The molecular formula is C18H15NO4. The van der Waals surface area contributed by atoms with Gasteiger partial charge in [-0.1, -0.05) is 24.3 Å². The number of likely N-dealkylation sites (N-methyl/N-ethyl adjacent to an activating group) is 1. The molecule has 23 heavy (non-hydrogen) atoms. The van der Waals surface area contributed by atoms with E-state index in [1.165, 1.54) is 6.92 Å². The Bertz CT molecular complexity index is 840. The van der Waals surface area contributed by atoms with Crippen LogP contribution in [0.3, 0.4) is 0 Å². The number of benzene rings is 1. The molecule has 0 saturated carbocycles. The quantitative estimate of drug-likeness (QED) is 0.783. The van der Waals surface area contributed by atoms with Gasteiger partial charge in [0.2, 0.25) is 5.78 Å². The summed E-state index contributed by atoms with van der Waals surface area (Å²) in [5, 5.41) is 0. The number of allylic oxidation sites excluding steroid dienone is 4. The van der Waals surface area contributed by atoms with Crippen molar-refractivity contribution in [2.45, 2.75) is 6.92 Å². The van der Waals surface area contributed by atoms with Crippen molar-refractivity contribution in [2.24, 2.45) is 0 Å². The molecule has 0 heterocycles. The second kappa shape index (κ2) is 5.35. The normalized spacial score (nSPS) is 16.3. The van der Waals surface area contributed by atoms with Gasteiger partial charge in [-0.25, -0.2) is 0 Å². The third-order valence-corrected chi connectivity index (χ3v) is 3.75. The van der Waals surface area contributed by atoms with E-state index in [4.69, 9.17) is 4.74 Å². The number of ketones is 2. The van der Waals surface area contributed by atoms with E-state index >= 15 is 0 Å². The van der Waals surface area contributed by atoms with Gasteiger partial charge in [-0.2, -0.15) is 0 Å². The lowest BCUT2D eigenvalue weighted by Crippen LogP contribution is -2.29. The van der Waals surface area contributed by atoms with Crippen molar-refractivity contribution in [3.8, 4) is 0 Å². The van der Waals surface area contributed by atoms with Crippen LogP contribution in [0, 0.1) is 0 Å². The lowest BCUT2D eigenvalue weighted by molar-refractivity contribution is -0.134. The first-order chi connectivity index (χ1) is 10.9. The molecule has 0 radical (unpaired) electrons. The van der Waals surface area contributed by atoms with Crippen molar-refractivity contribution in [3.63, 3.8) is 0 Å². The molecule has 2 aliphatic carbocycles. The number of hydrogen-bond donors (Lipinski definition) is 0. The van der Waals surface area contributed by atoms with Crippen LogP contribution in [-0.2, 0) is 14.3 Å². The molecule has 0 atom stereocenters. The minimum atomic E-state index is -0.537. The van der Waals surface area contributed by atoms with Gasteiger partial charge in [0.1, 0.15) is 0 Å². The fraction of sp³-hybridized carbons (Fsp3) is 0.167. The number of fused-ring (bicyclic) bond motifs is 2. The molecule has 116 valence electrons. The van der Waals surface area contributed by atoms with Crippen molar-refractivity contribution >= 4 is 23.3 Å². The Morgan fingerprint density at radius 2 is 1.65 bits per heavy atom. The Labute approximate surface area is 133 Å². The van der Waals surface area contributed by atoms with E-state index in [0.717, 1.165) is 0 Å². The Morgan fingerprint density at radius 1 is 1.00 bits per heavy atom. The maximum Gasteiger partial charge on any atom is 0.308 e. The van der Waals surface area contributed by atoms with Gasteiger partial charge in [0.15, 0.2) is 11.5 Å². The molecule has 2 aliphatic rings. The number of nitrogens with zero attached hydrogens (tertiary/aromatic N) is 1. The monoisotopic (exact) mass is 309 g/mol. The average Bonchev–Trinajstić information content (AvgIpc) is 2.50. The van der Waals surface area contributed by atoms with Gasteiger partial charge in [0, 0.05) is 37.7 Å². The number of ether oxygens (including phenoxy) is 1. The van der Waals surface area contributed by atoms with Crippen LogP contribution in [0.1, 0.15) is 22.8 Å². The highest BCUT2D eigenvalue weighted by molar-refractivity contribution is 6.30. The summed E-state index contributed by atoms with van der Waals surface area (Å²) in [4.78, 5) is 38.6. The predicted octanol–water partition coefficient (Wildman–Crippen LogP) is 2.11. The van der Waals surface area contributed by atoms with Crippen LogP contribution in [-0.4, -0.2) is 36.5 Å². The number of rotatable bonds is 2. The predicted molar refractivity (Wildman–Crippen MR) is 84.3 cm³/mol. The smallest absolute Gasteiger partial charge is 0.308 e. The summed E-state index contributed by atoms with van der Waals surface area (Å²) >= 11 is 0. The van der Waals surface area contributed by atoms with Crippen molar-refractivity contribution in [2.75, 3.05) is 14.1 Å². The summed E-state index contributed by atoms with van der Waals surface area (Å²) in [7, 11) is 3.49. The zero-order valence-corrected chi connectivity index (χ0v) is 13.0. The molecule has 0 fully saturated rings. The standard InChI is InChI=1S/C18H15NO4/c1-10(20)23-18-12-7-5-4-6-11(12)16(21)13-8-9-14(19(2)3)17(22)15(13)18/h4-9H,1-3H3. The average molecular weight is 309 g/mol. The van der Waals surface area contributed by atoms with E-state index in [0.29, 0.717) is 16.8 Å². The van der Waals surface area contributed by atoms with Gasteiger partial charge >= 0.3 is 5.97 Å². The van der Waals surface area contributed by atoms with E-state index in [1.807, 2.05) is 0 Å². The number of Topliss-reactive ketones (excluding diaryl/α,β-unsaturated/α-hetero) is 2. The molecule has 0 bridgehead atoms. The first-order valence-corrected chi connectivity index (χ1v) is 7.13. The van der Waals surface area contributed by atoms with E-state index in [2.05, 4.69) is 0 Å². The van der Waals surface area contributed by atoms with Crippen molar-refractivity contribution in [1.82, 2.24) is 4.90 Å². The molecule has 5 heteroatoms. The summed E-state index contributed by atoms with van der Waals surface area (Å²) in [6, 6.07) is 6.81. The summed E-state index contributed by atoms with van der Waals surface area (Å²) in [6.45, 7) is 1.27. The van der Waals surface area contributed by atoms with Gasteiger partial charge < -0.3 is 9.64 Å². The minimum absolute atomic E-state index is 0.148. The zero-order chi connectivity index (χ0) is 16.7. The zero-order valence-electron chi connectivity index (χ0n) is 13.0. The van der Waals surface area contributed by atoms with Gasteiger partial charge in [-0.05, 0) is 12.2 Å². The summed E-state index contributed by atoms with van der Waals surface area (Å²) in [6.07, 6.45) is 3.21. The number of esters is 1. The minimum Gasteiger partial charge on any atom is -0.425 e. The molecule has 0 aliphatic heterocycles. The Morgan fingerprint density at radius 3 is 2.26 bits per heavy atom. The Hall–Kier alpha value is -2.95. The molecule has 5 nitrogen and oxygen atoms in total. The van der Waals surface area contributed by atoms with Crippen LogP contribution in [0.5, 0.6) is 0 Å². The number of carbonyl (C=O) groups is 3. The molecule has 0 unspecified atom stereocenters. The summed E-state index contributed by atoms with van der Waals surface area (Å²) < 4.78 is 5.32. The second-order valence-corrected chi connectivity index (χ2v) is 5.53. The molecule has 0 saturated heterocycles. The fourth-order valence-corrected chi connectivity index (χ4v) is 2.75. The van der Waals surface area contributed by atoms with Crippen LogP contribution in [0.25, 0.3) is 5.76 Å². The Balaban J connectivity index is 2.31. The van der Waals surface area contributed by atoms with Gasteiger partial charge in [-0.15, -0.1) is 0 Å². The van der Waals surface area contributed by atoms with Crippen LogP contribution in [0.2, 0.25) is 0 Å². The van der Waals surface area contributed by atoms with Crippen molar-refractivity contribution in [1.29, 1.82) is 0 Å². The lowest BCUT2D eigenvalue weighted by Gasteiger charge is -2.27. The summed E-state index contributed by atoms with van der Waals surface area (Å²) in [5.74, 6) is -0.957. The van der Waals surface area contributed by atoms with E-state index < -0.39 is 5.97 Å². The van der Waals surface area contributed by atoms with Crippen molar-refractivity contribution in [3.05, 3.63) is 64.4 Å². The van der Waals surface area contributed by atoms with E-state index in [-0.39, 0.29) is 28.5 Å². The summed E-state index contributed by atoms with van der Waals surface area (Å²) in [5.41, 5.74) is 1.73. The fourth-order valence-electron chi connectivity index (χ4n) is 2.75. The molecule has 3 rings (SSSR count). The van der Waals surface area contributed by atoms with E-state index in [1.54, 1.807) is 55.4 Å². The van der Waals surface area contributed by atoms with Crippen LogP contribution in [0.4, 0.5) is 0 Å². The first kappa shape index (κ1) is 15.0. The third kappa shape index (κ3) is 2.30. The largest absolute Gasteiger partial charge is 0.425 e. The third-order valence-electron chi connectivity index (χ3n) is 3.75. The number of carbonyl (C=O) groups excluding carboxylic acids is 3. The molecule has 0 amide bonds. The highest BCUT2D eigenvalue weighted by Gasteiger charge is 2.37. The first-order valence-electron chi connectivity index (χ1n) is 7.13. The van der Waals surface area contributed by atoms with Crippen molar-refractivity contribution < 1.29 is 19.1 Å². The van der Waals surface area contributed by atoms with Gasteiger partial charge in [-0.3, -0.25) is 14.4 Å². The van der Waals surface area contributed by atoms with Gasteiger partial charge in [0.05, 0.1) is 11.3 Å². The number of hydrogen-bond acceptors (Lipinski definition) is 5. The molecule has 0 N–H and O–H groups in total. The molecule has 1 aromatic carbocycles.